The van der Waals surface area contributed by atoms with E-state index in [-0.39, 0.29) is 17.7 Å². The van der Waals surface area contributed by atoms with Gasteiger partial charge in [-0.15, -0.1) is 11.3 Å². The standard InChI is InChI=1S/C20H25NO5S/c1-26-20(25)16-12-4-2-3-5-13(12)27-18(16)21-17(22)14-10-6-8-11(9-7-10)15(14)19(23)24/h10-11,14-15H,2-9H2,1H3,(H,21,22)(H,23,24). The molecule has 4 aliphatic carbocycles. The fourth-order valence-electron chi connectivity index (χ4n) is 5.35. The first kappa shape index (κ1) is 18.5. The third-order valence-electron chi connectivity index (χ3n) is 6.60. The number of esters is 1. The molecule has 1 aromatic heterocycles. The van der Waals surface area contributed by atoms with Gasteiger partial charge in [-0.1, -0.05) is 0 Å². The van der Waals surface area contributed by atoms with Crippen LogP contribution in [0.4, 0.5) is 5.00 Å². The fraction of sp³-hybridized carbons (Fsp3) is 0.650. The van der Waals surface area contributed by atoms with Gasteiger partial charge in [0.05, 0.1) is 24.5 Å². The summed E-state index contributed by atoms with van der Waals surface area (Å²) >= 11 is 1.45. The summed E-state index contributed by atoms with van der Waals surface area (Å²) in [6.45, 7) is 0. The van der Waals surface area contributed by atoms with E-state index < -0.39 is 23.8 Å². The van der Waals surface area contributed by atoms with Gasteiger partial charge in [0.25, 0.3) is 0 Å². The summed E-state index contributed by atoms with van der Waals surface area (Å²) in [6, 6.07) is 0. The van der Waals surface area contributed by atoms with Crippen molar-refractivity contribution in [1.82, 2.24) is 0 Å². The van der Waals surface area contributed by atoms with Gasteiger partial charge in [-0.2, -0.15) is 0 Å². The van der Waals surface area contributed by atoms with Gasteiger partial charge in [0, 0.05) is 4.88 Å². The van der Waals surface area contributed by atoms with Gasteiger partial charge in [-0.3, -0.25) is 9.59 Å². The number of hydrogen-bond acceptors (Lipinski definition) is 5. The van der Waals surface area contributed by atoms with Crippen molar-refractivity contribution in [3.63, 3.8) is 0 Å². The maximum atomic E-state index is 13.1. The van der Waals surface area contributed by atoms with Crippen molar-refractivity contribution >= 4 is 34.2 Å². The predicted octanol–water partition coefficient (Wildman–Crippen LogP) is 3.49. The van der Waals surface area contributed by atoms with Gasteiger partial charge in [0.1, 0.15) is 5.00 Å². The summed E-state index contributed by atoms with van der Waals surface area (Å²) in [5.41, 5.74) is 1.46. The number of aryl methyl sites for hydroxylation is 1. The number of amides is 1. The first-order valence-corrected chi connectivity index (χ1v) is 10.6. The van der Waals surface area contributed by atoms with Crippen LogP contribution >= 0.6 is 11.3 Å². The van der Waals surface area contributed by atoms with Crippen molar-refractivity contribution in [3.8, 4) is 0 Å². The van der Waals surface area contributed by atoms with E-state index >= 15 is 0 Å². The number of thiophene rings is 1. The zero-order chi connectivity index (χ0) is 19.1. The molecule has 0 aromatic carbocycles. The number of methoxy groups -OCH3 is 1. The van der Waals surface area contributed by atoms with E-state index in [2.05, 4.69) is 5.32 Å². The van der Waals surface area contributed by atoms with Gasteiger partial charge in [-0.25, -0.2) is 4.79 Å². The molecule has 0 aliphatic heterocycles. The number of carboxylic acid groups (broad SMARTS) is 1. The Balaban J connectivity index is 1.64. The highest BCUT2D eigenvalue weighted by atomic mass is 32.1. The number of carboxylic acids is 1. The average Bonchev–Trinajstić information content (AvgIpc) is 3.05. The molecule has 0 saturated heterocycles. The highest BCUT2D eigenvalue weighted by Gasteiger charge is 2.50. The smallest absolute Gasteiger partial charge is 0.341 e. The van der Waals surface area contributed by atoms with Crippen molar-refractivity contribution < 1.29 is 24.2 Å². The van der Waals surface area contributed by atoms with Crippen molar-refractivity contribution in [2.75, 3.05) is 12.4 Å². The lowest BCUT2D eigenvalue weighted by Crippen LogP contribution is -2.49. The Labute approximate surface area is 162 Å². The molecule has 7 heteroatoms. The van der Waals surface area contributed by atoms with Crippen molar-refractivity contribution in [2.45, 2.75) is 51.4 Å². The number of aliphatic carboxylic acids is 1. The highest BCUT2D eigenvalue weighted by molar-refractivity contribution is 7.17. The molecule has 2 atom stereocenters. The van der Waals surface area contributed by atoms with Crippen molar-refractivity contribution in [3.05, 3.63) is 16.0 Å². The van der Waals surface area contributed by atoms with Gasteiger partial charge in [0.15, 0.2) is 0 Å². The number of anilines is 1. The van der Waals surface area contributed by atoms with Crippen LogP contribution in [0.25, 0.3) is 0 Å². The first-order chi connectivity index (χ1) is 13.0. The van der Waals surface area contributed by atoms with Gasteiger partial charge < -0.3 is 15.2 Å². The molecule has 2 bridgehead atoms. The number of carbonyl (C=O) groups is 3. The predicted molar refractivity (Wildman–Crippen MR) is 101 cm³/mol. The Morgan fingerprint density at radius 1 is 1.04 bits per heavy atom. The normalized spacial score (nSPS) is 29.1. The zero-order valence-corrected chi connectivity index (χ0v) is 16.3. The molecule has 5 rings (SSSR count). The van der Waals surface area contributed by atoms with Gasteiger partial charge in [0.2, 0.25) is 5.91 Å². The summed E-state index contributed by atoms with van der Waals surface area (Å²) in [5.74, 6) is -2.48. The number of nitrogens with one attached hydrogen (secondary N) is 1. The molecule has 146 valence electrons. The topological polar surface area (TPSA) is 92.7 Å². The van der Waals surface area contributed by atoms with Crippen molar-refractivity contribution in [2.24, 2.45) is 23.7 Å². The van der Waals surface area contributed by atoms with E-state index in [9.17, 15) is 19.5 Å². The molecule has 3 fully saturated rings. The summed E-state index contributed by atoms with van der Waals surface area (Å²) in [5, 5.41) is 13.2. The third-order valence-corrected chi connectivity index (χ3v) is 7.81. The molecule has 2 unspecified atom stereocenters. The van der Waals surface area contributed by atoms with E-state index in [1.54, 1.807) is 0 Å². The summed E-state index contributed by atoms with van der Waals surface area (Å²) in [7, 11) is 1.35. The molecule has 27 heavy (non-hydrogen) atoms. The molecule has 4 aliphatic rings. The second-order valence-electron chi connectivity index (χ2n) is 7.96. The molecule has 0 spiro atoms. The lowest BCUT2D eigenvalue weighted by molar-refractivity contribution is -0.156. The van der Waals surface area contributed by atoms with E-state index in [0.29, 0.717) is 10.6 Å². The van der Waals surface area contributed by atoms with Crippen molar-refractivity contribution in [1.29, 1.82) is 0 Å². The van der Waals surface area contributed by atoms with Crippen LogP contribution in [0.15, 0.2) is 0 Å². The molecule has 3 saturated carbocycles. The number of ether oxygens (including phenoxy) is 1. The molecule has 6 nitrogen and oxygen atoms in total. The Morgan fingerprint density at radius 2 is 1.67 bits per heavy atom. The second-order valence-corrected chi connectivity index (χ2v) is 9.07. The Bertz CT molecular complexity index is 778. The average molecular weight is 391 g/mol. The molecule has 1 aromatic rings. The molecular formula is C20H25NO5S. The third kappa shape index (κ3) is 3.16. The molecule has 1 amide bonds. The monoisotopic (exact) mass is 391 g/mol. The fourth-order valence-corrected chi connectivity index (χ4v) is 6.63. The Hall–Kier alpha value is -1.89. The van der Waals surface area contributed by atoms with Crippen LogP contribution in [0, 0.1) is 23.7 Å². The SMILES string of the molecule is COC(=O)c1c(NC(=O)C2C3CCC(CC3)C2C(=O)O)sc2c1CCCC2. The Morgan fingerprint density at radius 3 is 2.30 bits per heavy atom. The number of fused-ring (bicyclic) bond motifs is 4. The molecule has 1 heterocycles. The minimum absolute atomic E-state index is 0.0832. The minimum Gasteiger partial charge on any atom is -0.481 e. The van der Waals surface area contributed by atoms with Crippen LogP contribution in [0.2, 0.25) is 0 Å². The van der Waals surface area contributed by atoms with Crippen LogP contribution in [-0.2, 0) is 27.2 Å². The van der Waals surface area contributed by atoms with E-state index in [4.69, 9.17) is 4.74 Å². The lowest BCUT2D eigenvalue weighted by Gasteiger charge is -2.45. The lowest BCUT2D eigenvalue weighted by atomic mass is 9.58. The van der Waals surface area contributed by atoms with Crippen LogP contribution < -0.4 is 5.32 Å². The number of rotatable bonds is 4. The van der Waals surface area contributed by atoms with E-state index in [0.717, 1.165) is 61.8 Å². The highest BCUT2D eigenvalue weighted by Crippen LogP contribution is 2.49. The van der Waals surface area contributed by atoms with Crippen LogP contribution in [0.5, 0.6) is 0 Å². The summed E-state index contributed by atoms with van der Waals surface area (Å²) in [4.78, 5) is 38.5. The van der Waals surface area contributed by atoms with E-state index in [1.165, 1.54) is 18.4 Å². The number of carbonyl (C=O) groups excluding carboxylic acids is 2. The molecular weight excluding hydrogens is 366 g/mol. The van der Waals surface area contributed by atoms with Crippen LogP contribution in [0.1, 0.15) is 59.3 Å². The second kappa shape index (κ2) is 7.26. The Kier molecular flexibility index (Phi) is 4.97. The van der Waals surface area contributed by atoms with E-state index in [1.807, 2.05) is 0 Å². The quantitative estimate of drug-likeness (QED) is 0.767. The maximum Gasteiger partial charge on any atom is 0.341 e. The first-order valence-electron chi connectivity index (χ1n) is 9.77. The molecule has 0 radical (unpaired) electrons. The summed E-state index contributed by atoms with van der Waals surface area (Å²) < 4.78 is 4.96. The zero-order valence-electron chi connectivity index (χ0n) is 15.5. The maximum absolute atomic E-state index is 13.1. The van der Waals surface area contributed by atoms with Crippen LogP contribution in [-0.4, -0.2) is 30.1 Å². The van der Waals surface area contributed by atoms with Gasteiger partial charge in [-0.05, 0) is 68.8 Å². The molecule has 2 N–H and O–H groups in total. The van der Waals surface area contributed by atoms with Gasteiger partial charge >= 0.3 is 11.9 Å². The number of hydrogen-bond donors (Lipinski definition) is 2. The van der Waals surface area contributed by atoms with Crippen LogP contribution in [0.3, 0.4) is 0 Å². The largest absolute Gasteiger partial charge is 0.481 e. The summed E-state index contributed by atoms with van der Waals surface area (Å²) in [6.07, 6.45) is 7.44. The minimum atomic E-state index is -0.872.